The second-order valence-corrected chi connectivity index (χ2v) is 6.39. The maximum atomic E-state index is 12.0. The van der Waals surface area contributed by atoms with Gasteiger partial charge in [0.25, 0.3) is 5.91 Å². The largest absolute Gasteiger partial charge is 0.370 e. The van der Waals surface area contributed by atoms with Gasteiger partial charge in [-0.2, -0.15) is 0 Å². The number of halogens is 2. The fraction of sp³-hybridized carbons (Fsp3) is 0.222. The zero-order valence-electron chi connectivity index (χ0n) is 14.1. The van der Waals surface area contributed by atoms with Crippen LogP contribution in [0, 0.1) is 13.8 Å². The summed E-state index contributed by atoms with van der Waals surface area (Å²) in [5, 5.41) is 6.53. The smallest absolute Gasteiger partial charge is 0.251 e. The van der Waals surface area contributed by atoms with Crippen LogP contribution < -0.4 is 16.4 Å². The van der Waals surface area contributed by atoms with Crippen molar-refractivity contribution in [3.63, 3.8) is 0 Å². The molecule has 0 heterocycles. The van der Waals surface area contributed by atoms with E-state index in [4.69, 9.17) is 28.9 Å². The van der Waals surface area contributed by atoms with Gasteiger partial charge in [-0.05, 0) is 55.3 Å². The minimum absolute atomic E-state index is 0.241. The molecule has 0 saturated heterocycles. The maximum Gasteiger partial charge on any atom is 0.251 e. The molecule has 1 amide bonds. The van der Waals surface area contributed by atoms with Gasteiger partial charge in [-0.1, -0.05) is 29.3 Å². The van der Waals surface area contributed by atoms with Crippen LogP contribution in [0.1, 0.15) is 21.5 Å². The van der Waals surface area contributed by atoms with E-state index in [9.17, 15) is 4.79 Å². The van der Waals surface area contributed by atoms with E-state index in [1.54, 1.807) is 12.1 Å². The first-order valence-electron chi connectivity index (χ1n) is 7.74. The van der Waals surface area contributed by atoms with Crippen molar-refractivity contribution < 1.29 is 4.79 Å². The van der Waals surface area contributed by atoms with Gasteiger partial charge in [0.15, 0.2) is 5.96 Å². The Morgan fingerprint density at radius 1 is 1.08 bits per heavy atom. The third kappa shape index (κ3) is 5.66. The fourth-order valence-corrected chi connectivity index (χ4v) is 2.39. The Morgan fingerprint density at radius 3 is 2.52 bits per heavy atom. The van der Waals surface area contributed by atoms with E-state index in [1.807, 2.05) is 32.0 Å². The molecular formula is C18H20Cl2N4O. The summed E-state index contributed by atoms with van der Waals surface area (Å²) in [6, 6.07) is 10.7. The van der Waals surface area contributed by atoms with Crippen molar-refractivity contribution in [1.82, 2.24) is 5.32 Å². The van der Waals surface area contributed by atoms with Crippen LogP contribution in [-0.2, 0) is 0 Å². The van der Waals surface area contributed by atoms with Crippen LogP contribution in [0.5, 0.6) is 0 Å². The van der Waals surface area contributed by atoms with Crippen LogP contribution >= 0.6 is 23.2 Å². The number of benzene rings is 2. The van der Waals surface area contributed by atoms with Gasteiger partial charge in [0, 0.05) is 17.8 Å². The van der Waals surface area contributed by atoms with Gasteiger partial charge in [-0.25, -0.2) is 0 Å². The van der Waals surface area contributed by atoms with Gasteiger partial charge in [0.1, 0.15) is 0 Å². The number of nitrogens with zero attached hydrogens (tertiary/aromatic N) is 1. The van der Waals surface area contributed by atoms with Crippen LogP contribution in [0.3, 0.4) is 0 Å². The van der Waals surface area contributed by atoms with E-state index >= 15 is 0 Å². The van der Waals surface area contributed by atoms with E-state index in [1.165, 1.54) is 17.2 Å². The van der Waals surface area contributed by atoms with Crippen LogP contribution in [0.2, 0.25) is 10.0 Å². The summed E-state index contributed by atoms with van der Waals surface area (Å²) >= 11 is 11.7. The summed E-state index contributed by atoms with van der Waals surface area (Å²) in [6.45, 7) is 4.80. The summed E-state index contributed by atoms with van der Waals surface area (Å²) in [4.78, 5) is 16.2. The molecule has 0 spiro atoms. The lowest BCUT2D eigenvalue weighted by molar-refractivity contribution is 0.0955. The number of anilines is 1. The quantitative estimate of drug-likeness (QED) is 0.420. The second-order valence-electron chi connectivity index (χ2n) is 5.58. The molecule has 2 aromatic carbocycles. The van der Waals surface area contributed by atoms with Crippen LogP contribution in [0.15, 0.2) is 41.4 Å². The van der Waals surface area contributed by atoms with Gasteiger partial charge >= 0.3 is 0 Å². The molecule has 132 valence electrons. The summed E-state index contributed by atoms with van der Waals surface area (Å²) in [5.74, 6) is 0.0569. The Bertz CT molecular complexity index is 806. The molecule has 0 unspecified atom stereocenters. The normalized spacial score (nSPS) is 11.3. The highest BCUT2D eigenvalue weighted by Gasteiger charge is 2.07. The Kier molecular flexibility index (Phi) is 6.67. The lowest BCUT2D eigenvalue weighted by Crippen LogP contribution is -2.28. The van der Waals surface area contributed by atoms with Gasteiger partial charge in [-0.3, -0.25) is 9.79 Å². The summed E-state index contributed by atoms with van der Waals surface area (Å²) in [6.07, 6.45) is 0. The molecule has 0 radical (unpaired) electrons. The third-order valence-corrected chi connectivity index (χ3v) is 4.38. The molecule has 25 heavy (non-hydrogen) atoms. The highest BCUT2D eigenvalue weighted by molar-refractivity contribution is 6.42. The van der Waals surface area contributed by atoms with Gasteiger partial charge in [0.05, 0.1) is 16.6 Å². The highest BCUT2D eigenvalue weighted by atomic mass is 35.5. The molecule has 0 aliphatic rings. The maximum absolute atomic E-state index is 12.0. The van der Waals surface area contributed by atoms with Crippen LogP contribution in [0.4, 0.5) is 5.69 Å². The average Bonchev–Trinajstić information content (AvgIpc) is 2.57. The third-order valence-electron chi connectivity index (χ3n) is 3.64. The first-order chi connectivity index (χ1) is 11.9. The van der Waals surface area contributed by atoms with Crippen molar-refractivity contribution in [3.05, 3.63) is 63.1 Å². The lowest BCUT2D eigenvalue weighted by atomic mass is 10.1. The zero-order chi connectivity index (χ0) is 18.4. The van der Waals surface area contributed by atoms with E-state index in [-0.39, 0.29) is 5.91 Å². The number of aryl methyl sites for hydroxylation is 2. The van der Waals surface area contributed by atoms with Gasteiger partial charge in [0.2, 0.25) is 0 Å². The molecule has 0 aromatic heterocycles. The molecule has 2 aromatic rings. The molecule has 4 N–H and O–H groups in total. The summed E-state index contributed by atoms with van der Waals surface area (Å²) in [7, 11) is 0. The van der Waals surface area contributed by atoms with E-state index < -0.39 is 0 Å². The van der Waals surface area contributed by atoms with Crippen LogP contribution in [-0.4, -0.2) is 25.0 Å². The van der Waals surface area contributed by atoms with Gasteiger partial charge in [-0.15, -0.1) is 0 Å². The summed E-state index contributed by atoms with van der Waals surface area (Å²) in [5.41, 5.74) is 9.56. The van der Waals surface area contributed by atoms with Crippen LogP contribution in [0.25, 0.3) is 0 Å². The number of hydrogen-bond acceptors (Lipinski definition) is 2. The zero-order valence-corrected chi connectivity index (χ0v) is 15.6. The van der Waals surface area contributed by atoms with Crippen molar-refractivity contribution in [2.75, 3.05) is 18.4 Å². The van der Waals surface area contributed by atoms with Crippen molar-refractivity contribution >= 4 is 40.8 Å². The summed E-state index contributed by atoms with van der Waals surface area (Å²) < 4.78 is 0. The first-order valence-corrected chi connectivity index (χ1v) is 8.50. The number of nitrogens with one attached hydrogen (secondary N) is 2. The van der Waals surface area contributed by atoms with E-state index in [2.05, 4.69) is 15.6 Å². The predicted molar refractivity (Wildman–Crippen MR) is 105 cm³/mol. The SMILES string of the molecule is Cc1ccc(NC(N)=NCCNC(=O)c2ccc(Cl)c(Cl)c2)cc1C. The van der Waals surface area contributed by atoms with Crippen molar-refractivity contribution in [2.45, 2.75) is 13.8 Å². The standard InChI is InChI=1S/C18H20Cl2N4O/c1-11-3-5-14(9-12(11)2)24-18(21)23-8-7-22-17(25)13-4-6-15(19)16(20)10-13/h3-6,9-10H,7-8H2,1-2H3,(H,22,25)(H3,21,23,24). The highest BCUT2D eigenvalue weighted by Crippen LogP contribution is 2.22. The number of nitrogens with two attached hydrogens (primary N) is 1. The molecule has 0 atom stereocenters. The molecule has 0 aliphatic carbocycles. The molecule has 5 nitrogen and oxygen atoms in total. The topological polar surface area (TPSA) is 79.5 Å². The first kappa shape index (κ1) is 19.1. The number of rotatable bonds is 5. The minimum atomic E-state index is -0.241. The molecule has 0 aliphatic heterocycles. The second kappa shape index (κ2) is 8.74. The van der Waals surface area contributed by atoms with Gasteiger partial charge < -0.3 is 16.4 Å². The Hall–Kier alpha value is -2.24. The number of carbonyl (C=O) groups excluding carboxylic acids is 1. The van der Waals surface area contributed by atoms with Crippen molar-refractivity contribution in [3.8, 4) is 0 Å². The molecule has 7 heteroatoms. The van der Waals surface area contributed by atoms with E-state index in [0.29, 0.717) is 34.7 Å². The Labute approximate surface area is 157 Å². The number of guanidine groups is 1. The lowest BCUT2D eigenvalue weighted by Gasteiger charge is -2.08. The Balaban J connectivity index is 1.82. The van der Waals surface area contributed by atoms with E-state index in [0.717, 1.165) is 5.69 Å². The number of hydrogen-bond donors (Lipinski definition) is 3. The Morgan fingerprint density at radius 2 is 1.84 bits per heavy atom. The predicted octanol–water partition coefficient (Wildman–Crippen LogP) is 3.77. The molecular weight excluding hydrogens is 359 g/mol. The molecule has 2 rings (SSSR count). The van der Waals surface area contributed by atoms with Crippen molar-refractivity contribution in [1.29, 1.82) is 0 Å². The number of amides is 1. The minimum Gasteiger partial charge on any atom is -0.370 e. The monoisotopic (exact) mass is 378 g/mol. The number of carbonyl (C=O) groups is 1. The molecule has 0 fully saturated rings. The average molecular weight is 379 g/mol. The molecule has 0 saturated carbocycles. The van der Waals surface area contributed by atoms with Crippen molar-refractivity contribution in [2.24, 2.45) is 10.7 Å². The molecule has 0 bridgehead atoms. The number of aliphatic imine (C=N–C) groups is 1. The fourth-order valence-electron chi connectivity index (χ4n) is 2.09.